The number of hydrogen-bond acceptors (Lipinski definition) is 4. The summed E-state index contributed by atoms with van der Waals surface area (Å²) in [5.74, 6) is -0.636. The maximum Gasteiger partial charge on any atom is 0.278 e. The minimum absolute atomic E-state index is 0.0185. The number of imidazole rings is 1. The average Bonchev–Trinajstić information content (AvgIpc) is 2.88. The van der Waals surface area contributed by atoms with Gasteiger partial charge in [0.05, 0.1) is 17.5 Å². The van der Waals surface area contributed by atoms with Gasteiger partial charge in [-0.1, -0.05) is 6.07 Å². The average molecular weight is 254 g/mol. The number of carbonyl (C=O) groups is 1. The molecule has 3 rings (SSSR count). The Kier molecular flexibility index (Phi) is 2.60. The van der Waals surface area contributed by atoms with E-state index in [1.54, 1.807) is 24.5 Å². The molecule has 1 amide bonds. The van der Waals surface area contributed by atoms with Crippen LogP contribution < -0.4 is 5.32 Å². The number of amides is 1. The van der Waals surface area contributed by atoms with Gasteiger partial charge in [-0.15, -0.1) is 0 Å². The number of rotatable bonds is 2. The van der Waals surface area contributed by atoms with Crippen molar-refractivity contribution in [1.29, 1.82) is 0 Å². The summed E-state index contributed by atoms with van der Waals surface area (Å²) in [4.78, 5) is 23.0. The Morgan fingerprint density at radius 3 is 2.95 bits per heavy atom. The van der Waals surface area contributed by atoms with E-state index in [2.05, 4.69) is 20.3 Å². The fourth-order valence-corrected chi connectivity index (χ4v) is 1.82. The zero-order valence-electron chi connectivity index (χ0n) is 9.79. The minimum atomic E-state index is -0.478. The van der Waals surface area contributed by atoms with Crippen molar-refractivity contribution in [2.45, 2.75) is 0 Å². The number of pyridine rings is 1. The molecule has 0 aliphatic carbocycles. The second kappa shape index (κ2) is 4.41. The molecule has 19 heavy (non-hydrogen) atoms. The molecule has 6 heteroatoms. The van der Waals surface area contributed by atoms with E-state index in [0.29, 0.717) is 11.2 Å². The smallest absolute Gasteiger partial charge is 0.278 e. The molecule has 0 aliphatic heterocycles. The van der Waals surface area contributed by atoms with Crippen LogP contribution in [0.2, 0.25) is 0 Å². The first-order valence-electron chi connectivity index (χ1n) is 5.63. The van der Waals surface area contributed by atoms with Crippen molar-refractivity contribution in [1.82, 2.24) is 15.0 Å². The molecule has 6 nitrogen and oxygen atoms in total. The number of anilines is 1. The maximum atomic E-state index is 12.0. The molecule has 2 aromatic heterocycles. The molecule has 0 fully saturated rings. The van der Waals surface area contributed by atoms with Crippen LogP contribution in [0, 0.1) is 0 Å². The lowest BCUT2D eigenvalue weighted by molar-refractivity contribution is 0.101. The van der Waals surface area contributed by atoms with E-state index in [1.165, 1.54) is 12.3 Å². The standard InChI is InChI=1S/C13H10N4O2/c18-10-5-2-6-14-12(10)13(19)17-9-4-1-3-8-11(9)16-7-15-8/h1-7,18H,(H,15,16)(H,17,19). The molecule has 3 N–H and O–H groups in total. The van der Waals surface area contributed by atoms with E-state index in [-0.39, 0.29) is 11.4 Å². The molecule has 0 bridgehead atoms. The first kappa shape index (κ1) is 11.2. The van der Waals surface area contributed by atoms with Gasteiger partial charge >= 0.3 is 0 Å². The SMILES string of the molecule is O=C(Nc1cccc2[nH]cnc12)c1ncccc1O. The summed E-state index contributed by atoms with van der Waals surface area (Å²) in [7, 11) is 0. The Morgan fingerprint density at radius 1 is 1.21 bits per heavy atom. The van der Waals surface area contributed by atoms with E-state index >= 15 is 0 Å². The molecule has 0 atom stereocenters. The van der Waals surface area contributed by atoms with Gasteiger partial charge in [0, 0.05) is 6.20 Å². The van der Waals surface area contributed by atoms with E-state index in [1.807, 2.05) is 6.07 Å². The Labute approximate surface area is 108 Å². The fraction of sp³-hybridized carbons (Fsp3) is 0. The number of nitrogens with zero attached hydrogens (tertiary/aromatic N) is 2. The highest BCUT2D eigenvalue weighted by molar-refractivity contribution is 6.08. The van der Waals surface area contributed by atoms with E-state index in [4.69, 9.17) is 0 Å². The van der Waals surface area contributed by atoms with Gasteiger partial charge in [-0.3, -0.25) is 4.79 Å². The molecular weight excluding hydrogens is 244 g/mol. The highest BCUT2D eigenvalue weighted by atomic mass is 16.3. The van der Waals surface area contributed by atoms with Crippen LogP contribution in [0.25, 0.3) is 11.0 Å². The first-order chi connectivity index (χ1) is 9.25. The van der Waals surface area contributed by atoms with Gasteiger partial charge in [0.1, 0.15) is 11.3 Å². The lowest BCUT2D eigenvalue weighted by atomic mass is 10.2. The second-order valence-electron chi connectivity index (χ2n) is 3.93. The topological polar surface area (TPSA) is 90.9 Å². The van der Waals surface area contributed by atoms with Crippen LogP contribution in [-0.2, 0) is 0 Å². The van der Waals surface area contributed by atoms with Gasteiger partial charge in [-0.05, 0) is 24.3 Å². The molecule has 0 aliphatic rings. The molecule has 2 heterocycles. The summed E-state index contributed by atoms with van der Waals surface area (Å²) in [5.41, 5.74) is 2.03. The Morgan fingerprint density at radius 2 is 2.11 bits per heavy atom. The number of aromatic hydroxyl groups is 1. The number of carbonyl (C=O) groups excluding carboxylic acids is 1. The van der Waals surface area contributed by atoms with Crippen molar-refractivity contribution in [3.63, 3.8) is 0 Å². The summed E-state index contributed by atoms with van der Waals surface area (Å²) < 4.78 is 0. The fourth-order valence-electron chi connectivity index (χ4n) is 1.82. The molecule has 0 saturated carbocycles. The van der Waals surface area contributed by atoms with Gasteiger partial charge in [0.2, 0.25) is 0 Å². The van der Waals surface area contributed by atoms with Gasteiger partial charge in [0.25, 0.3) is 5.91 Å². The molecule has 3 aromatic rings. The third kappa shape index (κ3) is 1.99. The highest BCUT2D eigenvalue weighted by Crippen LogP contribution is 2.21. The van der Waals surface area contributed by atoms with Crippen LogP contribution in [0.1, 0.15) is 10.5 Å². The van der Waals surface area contributed by atoms with E-state index in [9.17, 15) is 9.90 Å². The van der Waals surface area contributed by atoms with Crippen LogP contribution in [0.5, 0.6) is 5.75 Å². The Bertz CT molecular complexity index is 751. The quantitative estimate of drug-likeness (QED) is 0.651. The summed E-state index contributed by atoms with van der Waals surface area (Å²) in [6, 6.07) is 8.36. The third-order valence-electron chi connectivity index (χ3n) is 2.70. The van der Waals surface area contributed by atoms with Crippen molar-refractivity contribution < 1.29 is 9.90 Å². The third-order valence-corrected chi connectivity index (χ3v) is 2.70. The van der Waals surface area contributed by atoms with Gasteiger partial charge in [-0.25, -0.2) is 9.97 Å². The molecule has 0 saturated heterocycles. The monoisotopic (exact) mass is 254 g/mol. The van der Waals surface area contributed by atoms with Crippen molar-refractivity contribution in [2.75, 3.05) is 5.32 Å². The maximum absolute atomic E-state index is 12.0. The molecule has 94 valence electrons. The van der Waals surface area contributed by atoms with Crippen molar-refractivity contribution in [3.8, 4) is 5.75 Å². The number of H-pyrrole nitrogens is 1. The van der Waals surface area contributed by atoms with Gasteiger partial charge < -0.3 is 15.4 Å². The number of nitrogens with one attached hydrogen (secondary N) is 2. The molecule has 1 aromatic carbocycles. The van der Waals surface area contributed by atoms with Crippen LogP contribution in [-0.4, -0.2) is 26.0 Å². The predicted molar refractivity (Wildman–Crippen MR) is 69.9 cm³/mol. The van der Waals surface area contributed by atoms with Crippen molar-refractivity contribution in [3.05, 3.63) is 48.5 Å². The zero-order chi connectivity index (χ0) is 13.2. The first-order valence-corrected chi connectivity index (χ1v) is 5.63. The summed E-state index contributed by atoms with van der Waals surface area (Å²) in [6.07, 6.45) is 3.00. The zero-order valence-corrected chi connectivity index (χ0v) is 9.79. The van der Waals surface area contributed by atoms with E-state index < -0.39 is 5.91 Å². The number of aromatic nitrogens is 3. The number of benzene rings is 1. The minimum Gasteiger partial charge on any atom is -0.505 e. The predicted octanol–water partition coefficient (Wildman–Crippen LogP) is 1.92. The number of fused-ring (bicyclic) bond motifs is 1. The molecule has 0 radical (unpaired) electrons. The number of hydrogen-bond donors (Lipinski definition) is 3. The molecule has 0 spiro atoms. The summed E-state index contributed by atoms with van der Waals surface area (Å²) in [5, 5.41) is 12.3. The highest BCUT2D eigenvalue weighted by Gasteiger charge is 2.14. The summed E-state index contributed by atoms with van der Waals surface area (Å²) >= 11 is 0. The van der Waals surface area contributed by atoms with Crippen molar-refractivity contribution >= 4 is 22.6 Å². The normalized spacial score (nSPS) is 10.5. The summed E-state index contributed by atoms with van der Waals surface area (Å²) in [6.45, 7) is 0. The lowest BCUT2D eigenvalue weighted by Gasteiger charge is -2.06. The van der Waals surface area contributed by atoms with Gasteiger partial charge in [-0.2, -0.15) is 0 Å². The van der Waals surface area contributed by atoms with Crippen molar-refractivity contribution in [2.24, 2.45) is 0 Å². The Balaban J connectivity index is 1.95. The van der Waals surface area contributed by atoms with Crippen LogP contribution in [0.15, 0.2) is 42.9 Å². The van der Waals surface area contributed by atoms with Crippen LogP contribution >= 0.6 is 0 Å². The molecule has 0 unspecified atom stereocenters. The Hall–Kier alpha value is -2.89. The second-order valence-corrected chi connectivity index (χ2v) is 3.93. The largest absolute Gasteiger partial charge is 0.505 e. The van der Waals surface area contributed by atoms with Crippen LogP contribution in [0.4, 0.5) is 5.69 Å². The molecular formula is C13H10N4O2. The van der Waals surface area contributed by atoms with Crippen LogP contribution in [0.3, 0.4) is 0 Å². The number of aromatic amines is 1. The van der Waals surface area contributed by atoms with Gasteiger partial charge in [0.15, 0.2) is 5.69 Å². The lowest BCUT2D eigenvalue weighted by Crippen LogP contribution is -2.14. The van der Waals surface area contributed by atoms with E-state index in [0.717, 1.165) is 5.52 Å². The number of para-hydroxylation sites is 1.